The Morgan fingerprint density at radius 3 is 2.23 bits per heavy atom. The van der Waals surface area contributed by atoms with E-state index in [1.165, 1.54) is 6.92 Å². The highest BCUT2D eigenvalue weighted by molar-refractivity contribution is 5.73. The van der Waals surface area contributed by atoms with E-state index >= 15 is 0 Å². The third-order valence-corrected chi connectivity index (χ3v) is 2.45. The molecule has 13 heavy (non-hydrogen) atoms. The summed E-state index contributed by atoms with van der Waals surface area (Å²) in [4.78, 5) is 10.6. The van der Waals surface area contributed by atoms with Gasteiger partial charge in [0.15, 0.2) is 6.10 Å². The van der Waals surface area contributed by atoms with Crippen LogP contribution >= 0.6 is 0 Å². The van der Waals surface area contributed by atoms with Crippen molar-refractivity contribution in [3.8, 4) is 0 Å². The lowest BCUT2D eigenvalue weighted by Crippen LogP contribution is -2.54. The Morgan fingerprint density at radius 1 is 1.23 bits per heavy atom. The number of aliphatic hydroxyl groups excluding tert-OH is 2. The van der Waals surface area contributed by atoms with E-state index in [1.807, 2.05) is 0 Å². The Morgan fingerprint density at radius 2 is 1.77 bits per heavy atom. The second-order valence-corrected chi connectivity index (χ2v) is 3.44. The summed E-state index contributed by atoms with van der Waals surface area (Å²) < 4.78 is 5.03. The van der Waals surface area contributed by atoms with Gasteiger partial charge in [-0.15, -0.1) is 0 Å². The molecule has 1 aliphatic heterocycles. The van der Waals surface area contributed by atoms with E-state index in [4.69, 9.17) is 9.84 Å². The van der Waals surface area contributed by atoms with E-state index in [2.05, 4.69) is 0 Å². The smallest absolute Gasteiger partial charge is 0.333 e. The standard InChI is InChI=1S/C8H14O5/c1-3-5(9)6(10)4(2)13-7(3)8(11)12/h3-7,9-10H,1-2H3,(H,11,12)/t3-,4-,5-,6-,7-/m0/s1. The first-order valence-corrected chi connectivity index (χ1v) is 4.19. The van der Waals surface area contributed by atoms with Gasteiger partial charge in [0.2, 0.25) is 0 Å². The molecule has 1 saturated heterocycles. The molecule has 1 fully saturated rings. The molecule has 0 aliphatic carbocycles. The number of rotatable bonds is 1. The molecule has 5 atom stereocenters. The van der Waals surface area contributed by atoms with E-state index in [-0.39, 0.29) is 0 Å². The van der Waals surface area contributed by atoms with Crippen molar-refractivity contribution in [1.29, 1.82) is 0 Å². The quantitative estimate of drug-likeness (QED) is 0.504. The third-order valence-electron chi connectivity index (χ3n) is 2.45. The second kappa shape index (κ2) is 3.61. The van der Waals surface area contributed by atoms with Gasteiger partial charge in [0.1, 0.15) is 6.10 Å². The summed E-state index contributed by atoms with van der Waals surface area (Å²) in [5, 5.41) is 27.5. The minimum atomic E-state index is -1.11. The maximum absolute atomic E-state index is 10.6. The van der Waals surface area contributed by atoms with Gasteiger partial charge in [-0.2, -0.15) is 0 Å². The van der Waals surface area contributed by atoms with Crippen LogP contribution in [0.1, 0.15) is 13.8 Å². The molecule has 0 unspecified atom stereocenters. The molecule has 0 aromatic carbocycles. The van der Waals surface area contributed by atoms with Crippen LogP contribution in [0.4, 0.5) is 0 Å². The van der Waals surface area contributed by atoms with Gasteiger partial charge >= 0.3 is 5.97 Å². The highest BCUT2D eigenvalue weighted by atomic mass is 16.5. The number of carboxylic acid groups (broad SMARTS) is 1. The molecule has 1 rings (SSSR count). The maximum atomic E-state index is 10.6. The molecule has 5 heteroatoms. The van der Waals surface area contributed by atoms with E-state index in [9.17, 15) is 15.0 Å². The molecule has 0 saturated carbocycles. The molecule has 3 N–H and O–H groups in total. The van der Waals surface area contributed by atoms with E-state index in [1.54, 1.807) is 6.92 Å². The topological polar surface area (TPSA) is 87.0 Å². The molecule has 0 spiro atoms. The zero-order valence-corrected chi connectivity index (χ0v) is 7.54. The number of hydrogen-bond acceptors (Lipinski definition) is 4. The molecule has 0 amide bonds. The van der Waals surface area contributed by atoms with Gasteiger partial charge in [-0.25, -0.2) is 4.79 Å². The normalized spacial score (nSPS) is 46.0. The van der Waals surface area contributed by atoms with Crippen molar-refractivity contribution in [2.24, 2.45) is 5.92 Å². The zero-order valence-electron chi connectivity index (χ0n) is 7.54. The summed E-state index contributed by atoms with van der Waals surface area (Å²) in [5.41, 5.74) is 0. The van der Waals surface area contributed by atoms with E-state index in [0.717, 1.165) is 0 Å². The van der Waals surface area contributed by atoms with E-state index < -0.39 is 36.3 Å². The highest BCUT2D eigenvalue weighted by Gasteiger charge is 2.43. The average molecular weight is 190 g/mol. The number of aliphatic carboxylic acids is 1. The predicted molar refractivity (Wildman–Crippen MR) is 43.1 cm³/mol. The molecule has 0 aromatic heterocycles. The van der Waals surface area contributed by atoms with Gasteiger partial charge in [0.05, 0.1) is 12.2 Å². The van der Waals surface area contributed by atoms with Gasteiger partial charge < -0.3 is 20.1 Å². The van der Waals surface area contributed by atoms with Crippen LogP contribution in [0.3, 0.4) is 0 Å². The van der Waals surface area contributed by atoms with Crippen LogP contribution in [-0.2, 0) is 9.53 Å². The summed E-state index contributed by atoms with van der Waals surface area (Å²) in [6, 6.07) is 0. The lowest BCUT2D eigenvalue weighted by molar-refractivity contribution is -0.204. The fourth-order valence-corrected chi connectivity index (χ4v) is 1.49. The van der Waals surface area contributed by atoms with Crippen molar-refractivity contribution in [3.63, 3.8) is 0 Å². The fourth-order valence-electron chi connectivity index (χ4n) is 1.49. The van der Waals surface area contributed by atoms with Crippen LogP contribution in [0.2, 0.25) is 0 Å². The molecule has 0 aromatic rings. The lowest BCUT2D eigenvalue weighted by Gasteiger charge is -2.38. The van der Waals surface area contributed by atoms with Gasteiger partial charge in [-0.3, -0.25) is 0 Å². The van der Waals surface area contributed by atoms with Crippen molar-refractivity contribution in [3.05, 3.63) is 0 Å². The molecular formula is C8H14O5. The summed E-state index contributed by atoms with van der Waals surface area (Å²) in [5.74, 6) is -1.70. The number of aliphatic hydroxyl groups is 2. The average Bonchev–Trinajstić information content (AvgIpc) is 2.07. The number of carboxylic acids is 1. The van der Waals surface area contributed by atoms with Crippen molar-refractivity contribution in [2.45, 2.75) is 38.3 Å². The first kappa shape index (κ1) is 10.4. The van der Waals surface area contributed by atoms with E-state index in [0.29, 0.717) is 0 Å². The Balaban J connectivity index is 2.76. The SMILES string of the molecule is C[C@H]1[C@H](O)[C@@H](O)[C@H](C)O[C@@H]1C(=O)O. The van der Waals surface area contributed by atoms with Crippen molar-refractivity contribution in [2.75, 3.05) is 0 Å². The van der Waals surface area contributed by atoms with Crippen LogP contribution in [0.15, 0.2) is 0 Å². The number of carbonyl (C=O) groups is 1. The van der Waals surface area contributed by atoms with Crippen molar-refractivity contribution in [1.82, 2.24) is 0 Å². The molecular weight excluding hydrogens is 176 g/mol. The minimum absolute atomic E-state index is 0.594. The lowest BCUT2D eigenvalue weighted by atomic mass is 9.88. The van der Waals surface area contributed by atoms with Crippen molar-refractivity contribution >= 4 is 5.97 Å². The Bertz CT molecular complexity index is 205. The Labute approximate surface area is 75.9 Å². The van der Waals surface area contributed by atoms with Gasteiger partial charge in [0.25, 0.3) is 0 Å². The maximum Gasteiger partial charge on any atom is 0.333 e. The molecule has 1 aliphatic rings. The number of ether oxygens (including phenoxy) is 1. The summed E-state index contributed by atoms with van der Waals surface area (Å²) in [6.45, 7) is 3.08. The van der Waals surface area contributed by atoms with Crippen LogP contribution < -0.4 is 0 Å². The first-order valence-electron chi connectivity index (χ1n) is 4.19. The summed E-state index contributed by atoms with van der Waals surface area (Å²) in [6.07, 6.45) is -3.73. The molecule has 1 heterocycles. The molecule has 76 valence electrons. The minimum Gasteiger partial charge on any atom is -0.479 e. The van der Waals surface area contributed by atoms with Crippen LogP contribution in [0, 0.1) is 5.92 Å². The third kappa shape index (κ3) is 1.82. The van der Waals surface area contributed by atoms with Crippen molar-refractivity contribution < 1.29 is 24.9 Å². The van der Waals surface area contributed by atoms with Crippen LogP contribution in [0.25, 0.3) is 0 Å². The predicted octanol–water partition coefficient (Wildman–Crippen LogP) is -0.784. The Kier molecular flexibility index (Phi) is 2.90. The zero-order chi connectivity index (χ0) is 10.2. The van der Waals surface area contributed by atoms with Gasteiger partial charge in [-0.05, 0) is 6.92 Å². The second-order valence-electron chi connectivity index (χ2n) is 3.44. The molecule has 0 radical (unpaired) electrons. The van der Waals surface area contributed by atoms with Crippen LogP contribution in [0.5, 0.6) is 0 Å². The number of hydrogen-bond donors (Lipinski definition) is 3. The largest absolute Gasteiger partial charge is 0.479 e. The van der Waals surface area contributed by atoms with Crippen LogP contribution in [-0.4, -0.2) is 45.7 Å². The molecule has 0 bridgehead atoms. The molecule has 5 nitrogen and oxygen atoms in total. The Hall–Kier alpha value is -0.650. The highest BCUT2D eigenvalue weighted by Crippen LogP contribution is 2.25. The first-order chi connectivity index (χ1) is 5.95. The van der Waals surface area contributed by atoms with Gasteiger partial charge in [0, 0.05) is 5.92 Å². The van der Waals surface area contributed by atoms with Gasteiger partial charge in [-0.1, -0.05) is 6.92 Å². The monoisotopic (exact) mass is 190 g/mol. The fraction of sp³-hybridized carbons (Fsp3) is 0.875. The summed E-state index contributed by atoms with van der Waals surface area (Å²) >= 11 is 0. The summed E-state index contributed by atoms with van der Waals surface area (Å²) in [7, 11) is 0.